The van der Waals surface area contributed by atoms with Crippen molar-refractivity contribution in [1.82, 2.24) is 5.32 Å². The third kappa shape index (κ3) is 4.97. The lowest BCUT2D eigenvalue weighted by Crippen LogP contribution is -2.38. The van der Waals surface area contributed by atoms with E-state index in [0.29, 0.717) is 29.7 Å². The summed E-state index contributed by atoms with van der Waals surface area (Å²) in [5.41, 5.74) is 2.88. The Hall–Kier alpha value is -3.54. The fraction of sp³-hybridized carbons (Fsp3) is 0.240. The Kier molecular flexibility index (Phi) is 6.07. The molecule has 3 aromatic rings. The predicted molar refractivity (Wildman–Crippen MR) is 115 cm³/mol. The van der Waals surface area contributed by atoms with Gasteiger partial charge in [0.05, 0.1) is 7.11 Å². The van der Waals surface area contributed by atoms with Gasteiger partial charge in [0.15, 0.2) is 11.5 Å². The van der Waals surface area contributed by atoms with Crippen molar-refractivity contribution in [1.29, 1.82) is 0 Å². The van der Waals surface area contributed by atoms with Crippen LogP contribution in [-0.4, -0.2) is 25.9 Å². The minimum Gasteiger partial charge on any atom is -0.497 e. The van der Waals surface area contributed by atoms with E-state index in [9.17, 15) is 9.18 Å². The number of fused-ring (bicyclic) bond motifs is 1. The Morgan fingerprint density at radius 1 is 1.00 bits per heavy atom. The number of aryl methyl sites for hydroxylation is 1. The summed E-state index contributed by atoms with van der Waals surface area (Å²) in [6.45, 7) is 1.88. The van der Waals surface area contributed by atoms with Crippen LogP contribution in [0.2, 0.25) is 0 Å². The second-order valence-corrected chi connectivity index (χ2v) is 7.58. The fourth-order valence-corrected chi connectivity index (χ4v) is 3.58. The molecular weight excluding hydrogens is 397 g/mol. The number of ether oxygens (including phenoxy) is 3. The molecule has 31 heavy (non-hydrogen) atoms. The first-order chi connectivity index (χ1) is 15.0. The maximum atomic E-state index is 14.0. The third-order valence-corrected chi connectivity index (χ3v) is 5.33. The van der Waals surface area contributed by atoms with Crippen molar-refractivity contribution in [2.24, 2.45) is 0 Å². The smallest absolute Gasteiger partial charge is 0.251 e. The second kappa shape index (κ2) is 9.08. The summed E-state index contributed by atoms with van der Waals surface area (Å²) in [6.07, 6.45) is 1.20. The van der Waals surface area contributed by atoms with Gasteiger partial charge in [-0.25, -0.2) is 4.39 Å². The van der Waals surface area contributed by atoms with Gasteiger partial charge in [-0.3, -0.25) is 4.79 Å². The van der Waals surface area contributed by atoms with E-state index in [0.717, 1.165) is 22.6 Å². The van der Waals surface area contributed by atoms with Gasteiger partial charge in [0.1, 0.15) is 11.6 Å². The fourth-order valence-electron chi connectivity index (χ4n) is 3.58. The van der Waals surface area contributed by atoms with Crippen LogP contribution in [0.1, 0.15) is 27.0 Å². The molecule has 1 heterocycles. The van der Waals surface area contributed by atoms with Crippen molar-refractivity contribution in [3.05, 3.63) is 88.7 Å². The van der Waals surface area contributed by atoms with E-state index in [1.807, 2.05) is 42.5 Å². The highest BCUT2D eigenvalue weighted by Gasteiger charge is 2.19. The maximum absolute atomic E-state index is 14.0. The molecule has 4 rings (SSSR count). The van der Waals surface area contributed by atoms with Gasteiger partial charge in [-0.15, -0.1) is 0 Å². The van der Waals surface area contributed by atoms with Crippen molar-refractivity contribution < 1.29 is 23.4 Å². The molecule has 0 bridgehead atoms. The predicted octanol–water partition coefficient (Wildman–Crippen LogP) is 4.46. The van der Waals surface area contributed by atoms with Gasteiger partial charge < -0.3 is 19.5 Å². The number of amides is 1. The molecule has 0 radical (unpaired) electrons. The van der Waals surface area contributed by atoms with Gasteiger partial charge in [-0.2, -0.15) is 0 Å². The van der Waals surface area contributed by atoms with E-state index in [4.69, 9.17) is 14.2 Å². The van der Waals surface area contributed by atoms with Gasteiger partial charge in [-0.05, 0) is 72.9 Å². The number of nitrogens with one attached hydrogen (secondary N) is 1. The molecule has 1 aliphatic rings. The first-order valence-electron chi connectivity index (χ1n) is 10.1. The molecule has 0 saturated carbocycles. The highest BCUT2D eigenvalue weighted by Crippen LogP contribution is 2.33. The van der Waals surface area contributed by atoms with Crippen molar-refractivity contribution in [3.63, 3.8) is 0 Å². The molecule has 0 aliphatic carbocycles. The Morgan fingerprint density at radius 3 is 2.45 bits per heavy atom. The van der Waals surface area contributed by atoms with Crippen molar-refractivity contribution in [3.8, 4) is 17.2 Å². The summed E-state index contributed by atoms with van der Waals surface area (Å²) in [5.74, 6) is 1.49. The zero-order valence-electron chi connectivity index (χ0n) is 17.5. The van der Waals surface area contributed by atoms with Crippen molar-refractivity contribution in [2.75, 3.05) is 13.9 Å². The molecule has 0 unspecified atom stereocenters. The first kappa shape index (κ1) is 20.7. The number of halogens is 1. The molecule has 6 heteroatoms. The van der Waals surface area contributed by atoms with E-state index >= 15 is 0 Å². The lowest BCUT2D eigenvalue weighted by Gasteiger charge is -2.20. The van der Waals surface area contributed by atoms with Crippen LogP contribution in [0.5, 0.6) is 17.2 Å². The molecule has 3 aromatic carbocycles. The van der Waals surface area contributed by atoms with Crippen LogP contribution in [0, 0.1) is 12.7 Å². The summed E-state index contributed by atoms with van der Waals surface area (Å²) in [5, 5.41) is 3.06. The average Bonchev–Trinajstić information content (AvgIpc) is 3.24. The number of carbonyl (C=O) groups excluding carboxylic acids is 1. The van der Waals surface area contributed by atoms with Crippen LogP contribution >= 0.6 is 0 Å². The van der Waals surface area contributed by atoms with Gasteiger partial charge in [0, 0.05) is 11.6 Å². The zero-order valence-corrected chi connectivity index (χ0v) is 17.5. The summed E-state index contributed by atoms with van der Waals surface area (Å²) < 4.78 is 30.0. The van der Waals surface area contributed by atoms with Crippen LogP contribution in [0.25, 0.3) is 0 Å². The Balaban J connectivity index is 1.54. The molecule has 1 atom stereocenters. The van der Waals surface area contributed by atoms with Crippen LogP contribution in [0.4, 0.5) is 4.39 Å². The minimum absolute atomic E-state index is 0.203. The highest BCUT2D eigenvalue weighted by atomic mass is 19.1. The largest absolute Gasteiger partial charge is 0.497 e. The van der Waals surface area contributed by atoms with E-state index in [2.05, 4.69) is 5.32 Å². The summed E-state index contributed by atoms with van der Waals surface area (Å²) in [7, 11) is 1.62. The lowest BCUT2D eigenvalue weighted by atomic mass is 9.98. The van der Waals surface area contributed by atoms with Crippen LogP contribution in [0.15, 0.2) is 60.7 Å². The normalized spacial score (nSPS) is 13.0. The van der Waals surface area contributed by atoms with Crippen molar-refractivity contribution >= 4 is 5.91 Å². The summed E-state index contributed by atoms with van der Waals surface area (Å²) in [4.78, 5) is 12.8. The molecule has 1 amide bonds. The second-order valence-electron chi connectivity index (χ2n) is 7.58. The lowest BCUT2D eigenvalue weighted by molar-refractivity contribution is 0.0936. The number of methoxy groups -OCH3 is 1. The van der Waals surface area contributed by atoms with E-state index in [1.165, 1.54) is 6.07 Å². The molecule has 0 spiro atoms. The molecular formula is C25H24FNO4. The molecule has 1 aliphatic heterocycles. The molecule has 0 fully saturated rings. The summed E-state index contributed by atoms with van der Waals surface area (Å²) in [6, 6.07) is 17.8. The number of hydrogen-bond donors (Lipinski definition) is 1. The minimum atomic E-state index is -0.393. The number of benzene rings is 3. The average molecular weight is 421 g/mol. The Labute approximate surface area is 180 Å². The quantitative estimate of drug-likeness (QED) is 0.612. The van der Waals surface area contributed by atoms with Crippen LogP contribution < -0.4 is 19.5 Å². The zero-order chi connectivity index (χ0) is 21.8. The number of hydrogen-bond acceptors (Lipinski definition) is 4. The molecule has 1 N–H and O–H groups in total. The third-order valence-electron chi connectivity index (χ3n) is 5.33. The van der Waals surface area contributed by atoms with Gasteiger partial charge in [0.2, 0.25) is 6.79 Å². The topological polar surface area (TPSA) is 56.8 Å². The van der Waals surface area contributed by atoms with Gasteiger partial charge in [-0.1, -0.05) is 24.3 Å². The standard InChI is InChI=1S/C25H24FNO4/c1-16-3-7-19(14-22(16)26)25(28)27-20(11-17-4-8-21(29-2)9-5-17)12-18-6-10-23-24(13-18)31-15-30-23/h3-10,13-14,20H,11-12,15H2,1-2H3,(H,27,28)/t20-/m1/s1. The van der Waals surface area contributed by atoms with Gasteiger partial charge in [0.25, 0.3) is 5.91 Å². The number of rotatable bonds is 7. The summed E-state index contributed by atoms with van der Waals surface area (Å²) >= 11 is 0. The molecule has 5 nitrogen and oxygen atoms in total. The molecule has 0 aromatic heterocycles. The highest BCUT2D eigenvalue weighted by molar-refractivity contribution is 5.94. The first-order valence-corrected chi connectivity index (χ1v) is 10.1. The van der Waals surface area contributed by atoms with Crippen LogP contribution in [0.3, 0.4) is 0 Å². The Morgan fingerprint density at radius 2 is 1.71 bits per heavy atom. The van der Waals surface area contributed by atoms with E-state index < -0.39 is 5.82 Å². The Bertz CT molecular complexity index is 1080. The SMILES string of the molecule is COc1ccc(C[C@H](Cc2ccc3c(c2)OCO3)NC(=O)c2ccc(C)c(F)c2)cc1. The van der Waals surface area contributed by atoms with E-state index in [1.54, 1.807) is 26.2 Å². The van der Waals surface area contributed by atoms with Gasteiger partial charge >= 0.3 is 0 Å². The molecule has 0 saturated heterocycles. The van der Waals surface area contributed by atoms with E-state index in [-0.39, 0.29) is 18.7 Å². The van der Waals surface area contributed by atoms with Crippen molar-refractivity contribution in [2.45, 2.75) is 25.8 Å². The number of carbonyl (C=O) groups is 1. The maximum Gasteiger partial charge on any atom is 0.251 e. The monoisotopic (exact) mass is 421 g/mol. The van der Waals surface area contributed by atoms with Crippen LogP contribution in [-0.2, 0) is 12.8 Å². The molecule has 160 valence electrons.